The summed E-state index contributed by atoms with van der Waals surface area (Å²) in [7, 11) is 3.22. The van der Waals surface area contributed by atoms with Crippen LogP contribution in [0.1, 0.15) is 22.8 Å². The first-order valence-electron chi connectivity index (χ1n) is 9.92. The molecule has 0 spiro atoms. The van der Waals surface area contributed by atoms with Crippen molar-refractivity contribution >= 4 is 28.9 Å². The molecule has 0 saturated heterocycles. The summed E-state index contributed by atoms with van der Waals surface area (Å²) in [5, 5.41) is 15.4. The predicted octanol–water partition coefficient (Wildman–Crippen LogP) is 6.27. The summed E-state index contributed by atoms with van der Waals surface area (Å²) in [4.78, 5) is 0. The van der Waals surface area contributed by atoms with Gasteiger partial charge in [-0.2, -0.15) is 0 Å². The van der Waals surface area contributed by atoms with E-state index in [1.165, 1.54) is 0 Å². The van der Waals surface area contributed by atoms with Gasteiger partial charge in [-0.15, -0.1) is 0 Å². The van der Waals surface area contributed by atoms with Gasteiger partial charge in [-0.05, 0) is 36.4 Å². The van der Waals surface area contributed by atoms with Crippen molar-refractivity contribution in [2.45, 2.75) is 12.6 Å². The lowest BCUT2D eigenvalue weighted by atomic mass is 9.99. The van der Waals surface area contributed by atoms with Crippen molar-refractivity contribution in [2.75, 3.05) is 26.1 Å². The Balaban J connectivity index is 1.90. The predicted molar refractivity (Wildman–Crippen MR) is 130 cm³/mol. The molecule has 2 N–H and O–H groups in total. The minimum absolute atomic E-state index is 0.312. The van der Waals surface area contributed by atoms with Crippen LogP contribution < -0.4 is 19.5 Å². The van der Waals surface area contributed by atoms with Gasteiger partial charge in [0.05, 0.1) is 19.2 Å². The number of ether oxygens (including phenoxy) is 3. The monoisotopic (exact) mass is 473 g/mol. The van der Waals surface area contributed by atoms with E-state index in [1.807, 2.05) is 24.3 Å². The van der Waals surface area contributed by atoms with Crippen LogP contribution in [0.3, 0.4) is 0 Å². The summed E-state index contributed by atoms with van der Waals surface area (Å²) in [5.74, 6) is 1.88. The van der Waals surface area contributed by atoms with Gasteiger partial charge >= 0.3 is 0 Å². The Morgan fingerprint density at radius 3 is 2.53 bits per heavy atom. The molecule has 0 aliphatic carbocycles. The second-order valence-electron chi connectivity index (χ2n) is 6.92. The molecule has 3 aromatic rings. The van der Waals surface area contributed by atoms with E-state index >= 15 is 0 Å². The molecule has 0 aliphatic heterocycles. The van der Waals surface area contributed by atoms with Gasteiger partial charge in [0.15, 0.2) is 0 Å². The highest BCUT2D eigenvalue weighted by Gasteiger charge is 2.20. The van der Waals surface area contributed by atoms with E-state index in [0.29, 0.717) is 57.3 Å². The lowest BCUT2D eigenvalue weighted by molar-refractivity contribution is 0.220. The number of rotatable bonds is 10. The molecule has 0 unspecified atom stereocenters. The van der Waals surface area contributed by atoms with Crippen molar-refractivity contribution < 1.29 is 19.3 Å². The van der Waals surface area contributed by atoms with Crippen LogP contribution in [0, 0.1) is 0 Å². The van der Waals surface area contributed by atoms with Crippen molar-refractivity contribution in [1.29, 1.82) is 0 Å². The van der Waals surface area contributed by atoms with Gasteiger partial charge in [0.25, 0.3) is 0 Å². The summed E-state index contributed by atoms with van der Waals surface area (Å²) < 4.78 is 16.3. The zero-order chi connectivity index (χ0) is 23.1. The van der Waals surface area contributed by atoms with E-state index in [0.717, 1.165) is 5.56 Å². The third-order valence-corrected chi connectivity index (χ3v) is 5.56. The molecule has 0 bridgehead atoms. The van der Waals surface area contributed by atoms with E-state index < -0.39 is 6.10 Å². The summed E-state index contributed by atoms with van der Waals surface area (Å²) in [6, 6.07) is 16.2. The smallest absolute Gasteiger partial charge is 0.138 e. The Morgan fingerprint density at radius 1 is 1.00 bits per heavy atom. The van der Waals surface area contributed by atoms with Gasteiger partial charge < -0.3 is 24.6 Å². The Bertz CT molecular complexity index is 1090. The van der Waals surface area contributed by atoms with E-state index in [2.05, 4.69) is 11.9 Å². The van der Waals surface area contributed by atoms with Crippen molar-refractivity contribution in [3.05, 3.63) is 94.0 Å². The summed E-state index contributed by atoms with van der Waals surface area (Å²) in [5.41, 5.74) is 2.75. The first-order valence-corrected chi connectivity index (χ1v) is 10.7. The molecule has 0 radical (unpaired) electrons. The fourth-order valence-corrected chi connectivity index (χ4v) is 3.74. The highest BCUT2D eigenvalue weighted by atomic mass is 35.5. The van der Waals surface area contributed by atoms with Crippen LogP contribution in [0.5, 0.6) is 17.2 Å². The third kappa shape index (κ3) is 5.49. The van der Waals surface area contributed by atoms with Crippen molar-refractivity contribution in [2.24, 2.45) is 0 Å². The first kappa shape index (κ1) is 23.8. The molecule has 3 aromatic carbocycles. The minimum atomic E-state index is -1.02. The van der Waals surface area contributed by atoms with Crippen molar-refractivity contribution in [1.82, 2.24) is 0 Å². The van der Waals surface area contributed by atoms with Crippen molar-refractivity contribution in [3.8, 4) is 17.2 Å². The number of aliphatic hydroxyl groups excluding tert-OH is 1. The molecular formula is C25H25Cl2NO4. The van der Waals surface area contributed by atoms with Gasteiger partial charge in [-0.3, -0.25) is 0 Å². The molecule has 0 fully saturated rings. The van der Waals surface area contributed by atoms with Crippen LogP contribution in [0.4, 0.5) is 5.69 Å². The number of nitrogens with one attached hydrogen (secondary N) is 1. The molecule has 0 heterocycles. The average Bonchev–Trinajstić information content (AvgIpc) is 2.82. The highest BCUT2D eigenvalue weighted by molar-refractivity contribution is 6.33. The maximum absolute atomic E-state index is 11.2. The maximum Gasteiger partial charge on any atom is 0.138 e. The third-order valence-electron chi connectivity index (χ3n) is 4.92. The number of hydrogen-bond donors (Lipinski definition) is 2. The number of aliphatic hydroxyl groups is 1. The fraction of sp³-hybridized carbons (Fsp3) is 0.200. The van der Waals surface area contributed by atoms with Crippen LogP contribution in [-0.2, 0) is 6.54 Å². The van der Waals surface area contributed by atoms with Gasteiger partial charge in [0, 0.05) is 40.0 Å². The van der Waals surface area contributed by atoms with Crippen LogP contribution in [0.2, 0.25) is 10.0 Å². The molecule has 0 saturated carbocycles. The molecule has 7 heteroatoms. The molecule has 32 heavy (non-hydrogen) atoms. The summed E-state index contributed by atoms with van der Waals surface area (Å²) >= 11 is 12.8. The average molecular weight is 474 g/mol. The Labute approximate surface area is 198 Å². The maximum atomic E-state index is 11.2. The Kier molecular flexibility index (Phi) is 8.28. The SMILES string of the molecule is C=CCOc1cccc([C@@H](O)c2cc(Cl)ccc2NCc2ccc(OC)cc2OC)c1Cl. The molecule has 0 aliphatic rings. The number of hydrogen-bond acceptors (Lipinski definition) is 5. The van der Waals surface area contributed by atoms with Gasteiger partial charge in [-0.1, -0.05) is 48.0 Å². The largest absolute Gasteiger partial charge is 0.497 e. The number of benzene rings is 3. The lowest BCUT2D eigenvalue weighted by Gasteiger charge is -2.20. The molecule has 5 nitrogen and oxygen atoms in total. The van der Waals surface area contributed by atoms with Crippen LogP contribution in [0.15, 0.2) is 67.3 Å². The molecule has 1 atom stereocenters. The molecule has 0 amide bonds. The Morgan fingerprint density at radius 2 is 1.81 bits per heavy atom. The van der Waals surface area contributed by atoms with Crippen LogP contribution in [0.25, 0.3) is 0 Å². The number of anilines is 1. The number of halogens is 2. The van der Waals surface area contributed by atoms with Gasteiger partial charge in [-0.25, -0.2) is 0 Å². The van der Waals surface area contributed by atoms with E-state index in [4.69, 9.17) is 37.4 Å². The van der Waals surface area contributed by atoms with Crippen LogP contribution in [-0.4, -0.2) is 25.9 Å². The minimum Gasteiger partial charge on any atom is -0.497 e. The van der Waals surface area contributed by atoms with E-state index in [1.54, 1.807) is 50.6 Å². The fourth-order valence-electron chi connectivity index (χ4n) is 3.28. The van der Waals surface area contributed by atoms with E-state index in [-0.39, 0.29) is 0 Å². The standard InChI is InChI=1S/C25H25Cl2NO4/c1-4-12-32-22-7-5-6-19(24(22)27)25(29)20-13-17(26)9-11-21(20)28-15-16-8-10-18(30-2)14-23(16)31-3/h4-11,13-14,25,28-29H,1,12,15H2,2-3H3/t25-/m1/s1. The normalized spacial score (nSPS) is 11.5. The second-order valence-corrected chi connectivity index (χ2v) is 7.74. The second kappa shape index (κ2) is 11.1. The summed E-state index contributed by atoms with van der Waals surface area (Å²) in [6.45, 7) is 4.42. The quantitative estimate of drug-likeness (QED) is 0.339. The zero-order valence-corrected chi connectivity index (χ0v) is 19.4. The van der Waals surface area contributed by atoms with Crippen molar-refractivity contribution in [3.63, 3.8) is 0 Å². The summed E-state index contributed by atoms with van der Waals surface area (Å²) in [6.07, 6.45) is 0.611. The zero-order valence-electron chi connectivity index (χ0n) is 17.9. The molecule has 3 rings (SSSR count). The molecular weight excluding hydrogens is 449 g/mol. The van der Waals surface area contributed by atoms with Crippen LogP contribution >= 0.6 is 23.2 Å². The topological polar surface area (TPSA) is 60.0 Å². The van der Waals surface area contributed by atoms with E-state index in [9.17, 15) is 5.11 Å². The number of methoxy groups -OCH3 is 2. The lowest BCUT2D eigenvalue weighted by Crippen LogP contribution is -2.09. The molecule has 0 aromatic heterocycles. The highest BCUT2D eigenvalue weighted by Crippen LogP contribution is 2.38. The first-order chi connectivity index (χ1) is 15.5. The van der Waals surface area contributed by atoms with Gasteiger partial charge in [0.1, 0.15) is 30.0 Å². The molecule has 168 valence electrons. The Hall–Kier alpha value is -2.86. The van der Waals surface area contributed by atoms with Gasteiger partial charge in [0.2, 0.25) is 0 Å².